The Bertz CT molecular complexity index is 903. The molecule has 0 radical (unpaired) electrons. The van der Waals surface area contributed by atoms with Crippen molar-refractivity contribution in [1.82, 2.24) is 0 Å². The molecule has 0 aliphatic carbocycles. The molecule has 0 aliphatic rings. The highest BCUT2D eigenvalue weighted by Gasteiger charge is 2.30. The average molecular weight is 400 g/mol. The molecule has 0 spiro atoms. The van der Waals surface area contributed by atoms with Gasteiger partial charge in [-0.15, -0.1) is 13.2 Å². The zero-order valence-electron chi connectivity index (χ0n) is 16.3. The molecule has 5 heteroatoms. The van der Waals surface area contributed by atoms with Gasteiger partial charge in [-0.05, 0) is 53.3 Å². The van der Waals surface area contributed by atoms with Crippen LogP contribution >= 0.6 is 0 Å². The standard InChI is InChI=1S/C24H23F3O2/c1-17(2)15-23(19-7-4-3-5-8-19)28-22-10-6-9-20(16-22)18-11-13-21(14-12-18)29-24(25,26)27/h3-14,16-17,23H,15H2,1-2H3. The summed E-state index contributed by atoms with van der Waals surface area (Å²) in [7, 11) is 0. The van der Waals surface area contributed by atoms with Crippen molar-refractivity contribution in [2.45, 2.75) is 32.7 Å². The van der Waals surface area contributed by atoms with Gasteiger partial charge in [0.1, 0.15) is 17.6 Å². The van der Waals surface area contributed by atoms with Crippen molar-refractivity contribution in [2.75, 3.05) is 0 Å². The van der Waals surface area contributed by atoms with E-state index in [2.05, 4.69) is 30.7 Å². The lowest BCUT2D eigenvalue weighted by Crippen LogP contribution is -2.16. The molecule has 3 aromatic carbocycles. The lowest BCUT2D eigenvalue weighted by molar-refractivity contribution is -0.274. The summed E-state index contributed by atoms with van der Waals surface area (Å²) in [5, 5.41) is 0. The van der Waals surface area contributed by atoms with Gasteiger partial charge >= 0.3 is 6.36 Å². The molecule has 0 saturated heterocycles. The van der Waals surface area contributed by atoms with Gasteiger partial charge in [0.25, 0.3) is 0 Å². The molecule has 0 fully saturated rings. The smallest absolute Gasteiger partial charge is 0.486 e. The second-order valence-electron chi connectivity index (χ2n) is 7.25. The molecule has 1 unspecified atom stereocenters. The zero-order valence-corrected chi connectivity index (χ0v) is 16.3. The molecule has 2 nitrogen and oxygen atoms in total. The van der Waals surface area contributed by atoms with E-state index in [0.717, 1.165) is 23.1 Å². The quantitative estimate of drug-likeness (QED) is 0.411. The summed E-state index contributed by atoms with van der Waals surface area (Å²) in [4.78, 5) is 0. The minimum Gasteiger partial charge on any atom is -0.486 e. The molecule has 3 rings (SSSR count). The van der Waals surface area contributed by atoms with Crippen LogP contribution in [0.4, 0.5) is 13.2 Å². The molecule has 0 aliphatic heterocycles. The minimum atomic E-state index is -4.70. The molecule has 152 valence electrons. The number of alkyl halides is 3. The lowest BCUT2D eigenvalue weighted by atomic mass is 9.99. The van der Waals surface area contributed by atoms with Crippen LogP contribution in [0.1, 0.15) is 31.9 Å². The maximum Gasteiger partial charge on any atom is 0.573 e. The fraction of sp³-hybridized carbons (Fsp3) is 0.250. The zero-order chi connectivity index (χ0) is 20.9. The van der Waals surface area contributed by atoms with Crippen molar-refractivity contribution in [3.63, 3.8) is 0 Å². The van der Waals surface area contributed by atoms with Crippen LogP contribution in [-0.2, 0) is 0 Å². The lowest BCUT2D eigenvalue weighted by Gasteiger charge is -2.22. The molecule has 1 atom stereocenters. The predicted molar refractivity (Wildman–Crippen MR) is 108 cm³/mol. The van der Waals surface area contributed by atoms with Crippen LogP contribution in [-0.4, -0.2) is 6.36 Å². The van der Waals surface area contributed by atoms with Gasteiger partial charge < -0.3 is 9.47 Å². The summed E-state index contributed by atoms with van der Waals surface area (Å²) in [6.45, 7) is 4.31. The number of benzene rings is 3. The maximum absolute atomic E-state index is 12.3. The summed E-state index contributed by atoms with van der Waals surface area (Å²) in [6.07, 6.45) is -3.90. The van der Waals surface area contributed by atoms with Crippen molar-refractivity contribution in [3.8, 4) is 22.6 Å². The Balaban J connectivity index is 1.79. The predicted octanol–water partition coefficient (Wildman–Crippen LogP) is 7.42. The van der Waals surface area contributed by atoms with Crippen molar-refractivity contribution >= 4 is 0 Å². The van der Waals surface area contributed by atoms with E-state index in [4.69, 9.17) is 4.74 Å². The Kier molecular flexibility index (Phi) is 6.47. The van der Waals surface area contributed by atoms with E-state index >= 15 is 0 Å². The van der Waals surface area contributed by atoms with E-state index in [1.54, 1.807) is 12.1 Å². The van der Waals surface area contributed by atoms with Gasteiger partial charge in [0.05, 0.1) is 0 Å². The fourth-order valence-corrected chi connectivity index (χ4v) is 3.11. The van der Waals surface area contributed by atoms with Crippen LogP contribution < -0.4 is 9.47 Å². The molecule has 0 amide bonds. The summed E-state index contributed by atoms with van der Waals surface area (Å²) in [6, 6.07) is 23.4. The van der Waals surface area contributed by atoms with E-state index in [0.29, 0.717) is 11.7 Å². The van der Waals surface area contributed by atoms with Gasteiger partial charge in [-0.1, -0.05) is 68.4 Å². The Hall–Kier alpha value is -2.95. The molecular formula is C24H23F3O2. The van der Waals surface area contributed by atoms with E-state index < -0.39 is 6.36 Å². The van der Waals surface area contributed by atoms with Crippen LogP contribution in [0.15, 0.2) is 78.9 Å². The number of hydrogen-bond acceptors (Lipinski definition) is 2. The van der Waals surface area contributed by atoms with E-state index in [1.165, 1.54) is 12.1 Å². The van der Waals surface area contributed by atoms with E-state index in [1.807, 2.05) is 42.5 Å². The van der Waals surface area contributed by atoms with Gasteiger partial charge in [0.15, 0.2) is 0 Å². The summed E-state index contributed by atoms with van der Waals surface area (Å²) in [5.41, 5.74) is 2.75. The third kappa shape index (κ3) is 6.28. The average Bonchev–Trinajstić information content (AvgIpc) is 2.67. The van der Waals surface area contributed by atoms with E-state index in [-0.39, 0.29) is 11.9 Å². The Morgan fingerprint density at radius 1 is 0.759 bits per heavy atom. The number of rotatable bonds is 7. The van der Waals surface area contributed by atoms with Crippen LogP contribution in [0.25, 0.3) is 11.1 Å². The van der Waals surface area contributed by atoms with Crippen LogP contribution in [0.3, 0.4) is 0 Å². The summed E-state index contributed by atoms with van der Waals surface area (Å²) >= 11 is 0. The Morgan fingerprint density at radius 3 is 2.07 bits per heavy atom. The molecule has 29 heavy (non-hydrogen) atoms. The molecule has 0 bridgehead atoms. The first-order valence-electron chi connectivity index (χ1n) is 9.48. The second-order valence-corrected chi connectivity index (χ2v) is 7.25. The van der Waals surface area contributed by atoms with Crippen molar-refractivity contribution in [1.29, 1.82) is 0 Å². The van der Waals surface area contributed by atoms with Crippen molar-refractivity contribution in [2.24, 2.45) is 5.92 Å². The molecule has 0 heterocycles. The number of ether oxygens (including phenoxy) is 2. The largest absolute Gasteiger partial charge is 0.573 e. The van der Waals surface area contributed by atoms with Crippen LogP contribution in [0.5, 0.6) is 11.5 Å². The summed E-state index contributed by atoms with van der Waals surface area (Å²) in [5.74, 6) is 0.937. The molecule has 0 saturated carbocycles. The monoisotopic (exact) mass is 400 g/mol. The normalized spacial score (nSPS) is 12.6. The third-order valence-electron chi connectivity index (χ3n) is 4.39. The van der Waals surface area contributed by atoms with Crippen LogP contribution in [0.2, 0.25) is 0 Å². The Labute approximate surface area is 168 Å². The molecular weight excluding hydrogens is 377 g/mol. The first-order valence-corrected chi connectivity index (χ1v) is 9.48. The highest BCUT2D eigenvalue weighted by Crippen LogP contribution is 2.32. The Morgan fingerprint density at radius 2 is 1.45 bits per heavy atom. The van der Waals surface area contributed by atoms with Gasteiger partial charge in [0, 0.05) is 0 Å². The topological polar surface area (TPSA) is 18.5 Å². The van der Waals surface area contributed by atoms with Gasteiger partial charge in [0.2, 0.25) is 0 Å². The highest BCUT2D eigenvalue weighted by molar-refractivity contribution is 5.65. The molecule has 0 aromatic heterocycles. The van der Waals surface area contributed by atoms with Crippen LogP contribution in [0, 0.1) is 5.92 Å². The number of hydrogen-bond donors (Lipinski definition) is 0. The maximum atomic E-state index is 12.3. The van der Waals surface area contributed by atoms with E-state index in [9.17, 15) is 13.2 Å². The first-order chi connectivity index (χ1) is 13.8. The van der Waals surface area contributed by atoms with Crippen molar-refractivity contribution < 1.29 is 22.6 Å². The molecule has 3 aromatic rings. The van der Waals surface area contributed by atoms with Crippen molar-refractivity contribution in [3.05, 3.63) is 84.4 Å². The fourth-order valence-electron chi connectivity index (χ4n) is 3.11. The second kappa shape index (κ2) is 9.03. The van der Waals surface area contributed by atoms with Gasteiger partial charge in [-0.2, -0.15) is 0 Å². The van der Waals surface area contributed by atoms with Gasteiger partial charge in [-0.25, -0.2) is 0 Å². The molecule has 0 N–H and O–H groups in total. The number of halogens is 3. The van der Waals surface area contributed by atoms with Gasteiger partial charge in [-0.3, -0.25) is 0 Å². The highest BCUT2D eigenvalue weighted by atomic mass is 19.4. The third-order valence-corrected chi connectivity index (χ3v) is 4.39. The summed E-state index contributed by atoms with van der Waals surface area (Å²) < 4.78 is 47.2. The first kappa shape index (κ1) is 20.8. The SMILES string of the molecule is CC(C)CC(Oc1cccc(-c2ccc(OC(F)(F)F)cc2)c1)c1ccccc1. The minimum absolute atomic E-state index is 0.0750.